The Morgan fingerprint density at radius 3 is 2.14 bits per heavy atom. The number of hydrogen-bond acceptors (Lipinski definition) is 10. The van der Waals surface area contributed by atoms with Crippen molar-refractivity contribution in [2.24, 2.45) is 5.92 Å². The monoisotopic (exact) mass is 536 g/mol. The van der Waals surface area contributed by atoms with E-state index in [1.807, 2.05) is 6.26 Å². The second-order valence-corrected chi connectivity index (χ2v) is 9.56. The quantitative estimate of drug-likeness (QED) is 0.0558. The zero-order valence-electron chi connectivity index (χ0n) is 21.2. The number of carboxylic acids is 2. The normalized spacial score (nSPS) is 16.3. The van der Waals surface area contributed by atoms with Crippen molar-refractivity contribution >= 4 is 41.8 Å². The molecule has 14 heteroatoms. The van der Waals surface area contributed by atoms with Gasteiger partial charge in [0.2, 0.25) is 11.8 Å². The number of amides is 2. The van der Waals surface area contributed by atoms with E-state index in [-0.39, 0.29) is 25.8 Å². The molecule has 4 unspecified atom stereocenters. The van der Waals surface area contributed by atoms with Crippen LogP contribution in [0, 0.1) is 5.92 Å². The van der Waals surface area contributed by atoms with Crippen molar-refractivity contribution < 1.29 is 44.4 Å². The minimum atomic E-state index is -1.26. The maximum atomic E-state index is 13.0. The molecule has 0 aliphatic rings. The van der Waals surface area contributed by atoms with E-state index >= 15 is 0 Å². The predicted molar refractivity (Wildman–Crippen MR) is 133 cm³/mol. The summed E-state index contributed by atoms with van der Waals surface area (Å²) in [5.41, 5.74) is 0. The molecule has 36 heavy (non-hydrogen) atoms. The van der Waals surface area contributed by atoms with Crippen molar-refractivity contribution in [1.82, 2.24) is 20.9 Å². The van der Waals surface area contributed by atoms with E-state index in [0.717, 1.165) is 0 Å². The summed E-state index contributed by atoms with van der Waals surface area (Å²) in [6.07, 6.45) is 0.170. The average Bonchev–Trinajstić information content (AvgIpc) is 2.80. The number of hydrogen-bond donors (Lipinski definition) is 7. The Bertz CT molecular complexity index is 726. The lowest BCUT2D eigenvalue weighted by atomic mass is 9.99. The lowest BCUT2D eigenvalue weighted by Gasteiger charge is -2.35. The molecule has 6 atom stereocenters. The second kappa shape index (κ2) is 18.1. The van der Waals surface area contributed by atoms with Crippen LogP contribution in [-0.2, 0) is 24.0 Å². The summed E-state index contributed by atoms with van der Waals surface area (Å²) < 4.78 is 0. The summed E-state index contributed by atoms with van der Waals surface area (Å²) >= 11 is 1.55. The second-order valence-electron chi connectivity index (χ2n) is 8.58. The summed E-state index contributed by atoms with van der Waals surface area (Å²) in [4.78, 5) is 60.1. The third kappa shape index (κ3) is 13.7. The molecule has 0 spiro atoms. The topological polar surface area (TPSA) is 206 Å². The van der Waals surface area contributed by atoms with Gasteiger partial charge in [-0.1, -0.05) is 0 Å². The number of aliphatic carboxylic acids is 2. The highest BCUT2D eigenvalue weighted by Crippen LogP contribution is 2.17. The lowest BCUT2D eigenvalue weighted by Crippen LogP contribution is -2.56. The summed E-state index contributed by atoms with van der Waals surface area (Å²) in [6.45, 7) is 3.08. The lowest BCUT2D eigenvalue weighted by molar-refractivity contribution is -0.140. The number of carbonyl (C=O) groups excluding carboxylic acids is 3. The van der Waals surface area contributed by atoms with Crippen LogP contribution in [0.2, 0.25) is 0 Å². The van der Waals surface area contributed by atoms with Crippen molar-refractivity contribution in [2.45, 2.75) is 76.5 Å². The smallest absolute Gasteiger partial charge is 0.305 e. The summed E-state index contributed by atoms with van der Waals surface area (Å²) in [5, 5.41) is 45.9. The van der Waals surface area contributed by atoms with Crippen molar-refractivity contribution in [3.63, 3.8) is 0 Å². The van der Waals surface area contributed by atoms with Crippen molar-refractivity contribution in [1.29, 1.82) is 0 Å². The Hall–Kier alpha value is -2.26. The highest BCUT2D eigenvalue weighted by Gasteiger charge is 2.32. The van der Waals surface area contributed by atoms with Gasteiger partial charge in [-0.05, 0) is 52.2 Å². The SMILES string of the molecule is CSCCCC(NC(=O)C(C)N(C)C(O)C(CCC(=O)O)CN[C@@H](C)O)C(=O)N[C@H](C=O)CC(=O)O. The first-order chi connectivity index (χ1) is 16.8. The largest absolute Gasteiger partial charge is 0.481 e. The van der Waals surface area contributed by atoms with Crippen LogP contribution in [0.15, 0.2) is 0 Å². The molecule has 0 bridgehead atoms. The van der Waals surface area contributed by atoms with Gasteiger partial charge in [-0.2, -0.15) is 11.8 Å². The van der Waals surface area contributed by atoms with Gasteiger partial charge >= 0.3 is 11.9 Å². The highest BCUT2D eigenvalue weighted by atomic mass is 32.2. The summed E-state index contributed by atoms with van der Waals surface area (Å²) in [6, 6.07) is -3.21. The van der Waals surface area contributed by atoms with Gasteiger partial charge in [0.1, 0.15) is 24.8 Å². The molecule has 0 heterocycles. The summed E-state index contributed by atoms with van der Waals surface area (Å²) in [5.74, 6) is -3.51. The molecule has 0 saturated heterocycles. The van der Waals surface area contributed by atoms with Gasteiger partial charge < -0.3 is 35.9 Å². The van der Waals surface area contributed by atoms with Gasteiger partial charge in [0.25, 0.3) is 0 Å². The van der Waals surface area contributed by atoms with Crippen LogP contribution in [0.5, 0.6) is 0 Å². The zero-order valence-corrected chi connectivity index (χ0v) is 22.0. The van der Waals surface area contributed by atoms with Crippen molar-refractivity contribution in [3.8, 4) is 0 Å². The van der Waals surface area contributed by atoms with Crippen LogP contribution in [0.3, 0.4) is 0 Å². The third-order valence-electron chi connectivity index (χ3n) is 5.59. The van der Waals surface area contributed by atoms with Gasteiger partial charge in [-0.25, -0.2) is 0 Å². The molecular weight excluding hydrogens is 496 g/mol. The van der Waals surface area contributed by atoms with E-state index in [9.17, 15) is 34.2 Å². The Kier molecular flexibility index (Phi) is 16.9. The number of rotatable bonds is 20. The van der Waals surface area contributed by atoms with Crippen LogP contribution in [0.4, 0.5) is 0 Å². The first-order valence-electron chi connectivity index (χ1n) is 11.6. The molecule has 0 saturated carbocycles. The van der Waals surface area contributed by atoms with Gasteiger partial charge in [-0.15, -0.1) is 0 Å². The number of likely N-dealkylation sites (N-methyl/N-ethyl adjacent to an activating group) is 1. The number of aliphatic hydroxyl groups excluding tert-OH is 2. The molecule has 0 aliphatic heterocycles. The molecule has 0 aromatic carbocycles. The first-order valence-corrected chi connectivity index (χ1v) is 13.0. The number of carbonyl (C=O) groups is 5. The number of carboxylic acid groups (broad SMARTS) is 2. The molecule has 0 aromatic rings. The molecule has 208 valence electrons. The van der Waals surface area contributed by atoms with Crippen molar-refractivity contribution in [2.75, 3.05) is 25.6 Å². The van der Waals surface area contributed by atoms with E-state index in [0.29, 0.717) is 18.5 Å². The number of aldehydes is 1. The van der Waals surface area contributed by atoms with Crippen molar-refractivity contribution in [3.05, 3.63) is 0 Å². The van der Waals surface area contributed by atoms with Crippen LogP contribution >= 0.6 is 11.8 Å². The molecule has 7 N–H and O–H groups in total. The Morgan fingerprint density at radius 2 is 1.64 bits per heavy atom. The number of aliphatic hydroxyl groups is 2. The fourth-order valence-electron chi connectivity index (χ4n) is 3.33. The van der Waals surface area contributed by atoms with Crippen LogP contribution < -0.4 is 16.0 Å². The predicted octanol–water partition coefficient (Wildman–Crippen LogP) is -1.18. The average molecular weight is 537 g/mol. The molecule has 0 aromatic heterocycles. The maximum Gasteiger partial charge on any atom is 0.305 e. The molecule has 13 nitrogen and oxygen atoms in total. The van der Waals surface area contributed by atoms with E-state index in [1.54, 1.807) is 11.8 Å². The Labute approximate surface area is 215 Å². The van der Waals surface area contributed by atoms with Crippen LogP contribution in [-0.4, -0.2) is 112 Å². The standard InChI is InChI=1S/C22H40N4O9S/c1-13(26(3)22(35)15(7-8-18(29)30)11-23-14(2)28)20(33)25-17(6-5-9-36-4)21(34)24-16(12-27)10-19(31)32/h12-17,22-23,28,35H,5-11H2,1-4H3,(H,24,34)(H,25,33)(H,29,30)(H,31,32)/t13?,14-,15?,16+,17?,22?/m1/s1. The molecule has 0 rings (SSSR count). The summed E-state index contributed by atoms with van der Waals surface area (Å²) in [7, 11) is 1.48. The van der Waals surface area contributed by atoms with Gasteiger partial charge in [0.05, 0.1) is 18.5 Å². The highest BCUT2D eigenvalue weighted by molar-refractivity contribution is 7.98. The third-order valence-corrected chi connectivity index (χ3v) is 6.29. The Morgan fingerprint density at radius 1 is 1.00 bits per heavy atom. The van der Waals surface area contributed by atoms with Gasteiger partial charge in [-0.3, -0.25) is 29.4 Å². The molecular formula is C22H40N4O9S. The van der Waals surface area contributed by atoms with Gasteiger partial charge in [0.15, 0.2) is 0 Å². The molecule has 0 radical (unpaired) electrons. The van der Waals surface area contributed by atoms with Gasteiger partial charge in [0, 0.05) is 18.9 Å². The van der Waals surface area contributed by atoms with Crippen LogP contribution in [0.1, 0.15) is 46.0 Å². The zero-order chi connectivity index (χ0) is 27.8. The Balaban J connectivity index is 5.41. The first kappa shape index (κ1) is 33.7. The minimum absolute atomic E-state index is 0.0886. The number of nitrogens with one attached hydrogen (secondary N) is 3. The molecule has 0 fully saturated rings. The van der Waals surface area contributed by atoms with E-state index < -0.39 is 66.7 Å². The van der Waals surface area contributed by atoms with E-state index in [1.165, 1.54) is 25.8 Å². The number of nitrogens with zero attached hydrogens (tertiary/aromatic N) is 1. The fraction of sp³-hybridized carbons (Fsp3) is 0.773. The van der Waals surface area contributed by atoms with E-state index in [2.05, 4.69) is 16.0 Å². The van der Waals surface area contributed by atoms with Crippen LogP contribution in [0.25, 0.3) is 0 Å². The molecule has 2 amide bonds. The molecule has 0 aliphatic carbocycles. The van der Waals surface area contributed by atoms with E-state index in [4.69, 9.17) is 10.2 Å². The minimum Gasteiger partial charge on any atom is -0.481 e. The maximum absolute atomic E-state index is 13.0. The fourth-order valence-corrected chi connectivity index (χ4v) is 3.79. The number of thioether (sulfide) groups is 1.